The number of halogens is 2. The Hall–Kier alpha value is -0.710. The molecular formula is C17H20Br2N2. The van der Waals surface area contributed by atoms with Gasteiger partial charge in [-0.2, -0.15) is 0 Å². The summed E-state index contributed by atoms with van der Waals surface area (Å²) in [6, 6.07) is 8.81. The summed E-state index contributed by atoms with van der Waals surface area (Å²) in [5.74, 6) is 0. The van der Waals surface area contributed by atoms with E-state index in [-0.39, 0.29) is 6.04 Å². The Morgan fingerprint density at radius 2 is 1.76 bits per heavy atom. The number of aromatic nitrogens is 1. The molecule has 0 fully saturated rings. The average molecular weight is 412 g/mol. The third-order valence-electron chi connectivity index (χ3n) is 3.29. The van der Waals surface area contributed by atoms with Gasteiger partial charge in [0.1, 0.15) is 0 Å². The Morgan fingerprint density at radius 1 is 1.10 bits per heavy atom. The van der Waals surface area contributed by atoms with Crippen molar-refractivity contribution in [3.05, 3.63) is 61.8 Å². The van der Waals surface area contributed by atoms with E-state index in [4.69, 9.17) is 0 Å². The van der Waals surface area contributed by atoms with E-state index >= 15 is 0 Å². The van der Waals surface area contributed by atoms with E-state index in [2.05, 4.69) is 81.1 Å². The maximum absolute atomic E-state index is 4.61. The molecule has 4 heteroatoms. The summed E-state index contributed by atoms with van der Waals surface area (Å²) in [5.41, 5.74) is 4.84. The summed E-state index contributed by atoms with van der Waals surface area (Å²) in [7, 11) is 0. The molecule has 112 valence electrons. The largest absolute Gasteiger partial charge is 0.305 e. The molecule has 1 aromatic heterocycles. The van der Waals surface area contributed by atoms with E-state index in [1.54, 1.807) is 0 Å². The molecule has 1 unspecified atom stereocenters. The fraction of sp³-hybridized carbons (Fsp3) is 0.353. The van der Waals surface area contributed by atoms with Crippen molar-refractivity contribution >= 4 is 31.9 Å². The van der Waals surface area contributed by atoms with Crippen LogP contribution in [-0.4, -0.2) is 11.5 Å². The summed E-state index contributed by atoms with van der Waals surface area (Å²) in [5, 5.41) is 3.61. The smallest absolute Gasteiger partial charge is 0.0763 e. The minimum absolute atomic E-state index is 0.103. The normalized spacial score (nSPS) is 12.4. The SMILES string of the molecule is CCCNC(c1cc(C)cc(C)c1)c1ncc(Br)cc1Br. The van der Waals surface area contributed by atoms with Crippen LogP contribution in [0.1, 0.15) is 41.8 Å². The van der Waals surface area contributed by atoms with Gasteiger partial charge >= 0.3 is 0 Å². The molecule has 0 amide bonds. The van der Waals surface area contributed by atoms with Crippen molar-refractivity contribution in [2.45, 2.75) is 33.2 Å². The van der Waals surface area contributed by atoms with E-state index in [1.165, 1.54) is 16.7 Å². The third-order valence-corrected chi connectivity index (χ3v) is 4.35. The van der Waals surface area contributed by atoms with Gasteiger partial charge in [-0.3, -0.25) is 4.98 Å². The van der Waals surface area contributed by atoms with Gasteiger partial charge in [0.05, 0.1) is 11.7 Å². The highest BCUT2D eigenvalue weighted by molar-refractivity contribution is 9.11. The highest BCUT2D eigenvalue weighted by Crippen LogP contribution is 2.29. The van der Waals surface area contributed by atoms with Crippen LogP contribution >= 0.6 is 31.9 Å². The maximum atomic E-state index is 4.61. The molecule has 1 N–H and O–H groups in total. The van der Waals surface area contributed by atoms with Crippen LogP contribution in [0.4, 0.5) is 0 Å². The van der Waals surface area contributed by atoms with Crippen molar-refractivity contribution < 1.29 is 0 Å². The van der Waals surface area contributed by atoms with Crippen LogP contribution in [0, 0.1) is 13.8 Å². The Balaban J connectivity index is 2.46. The van der Waals surface area contributed by atoms with Crippen LogP contribution in [0.15, 0.2) is 39.4 Å². The third kappa shape index (κ3) is 4.38. The van der Waals surface area contributed by atoms with E-state index < -0.39 is 0 Å². The Morgan fingerprint density at radius 3 is 2.33 bits per heavy atom. The molecule has 0 spiro atoms. The second-order valence-electron chi connectivity index (χ2n) is 5.33. The predicted octanol–water partition coefficient (Wildman–Crippen LogP) is 5.31. The van der Waals surface area contributed by atoms with Crippen LogP contribution in [0.3, 0.4) is 0 Å². The first-order valence-electron chi connectivity index (χ1n) is 7.13. The first-order chi connectivity index (χ1) is 10.0. The van der Waals surface area contributed by atoms with Gasteiger partial charge < -0.3 is 5.32 Å². The minimum Gasteiger partial charge on any atom is -0.305 e. The van der Waals surface area contributed by atoms with Crippen molar-refractivity contribution in [3.8, 4) is 0 Å². The summed E-state index contributed by atoms with van der Waals surface area (Å²) in [6.45, 7) is 7.41. The predicted molar refractivity (Wildman–Crippen MR) is 95.7 cm³/mol. The zero-order valence-electron chi connectivity index (χ0n) is 12.6. The van der Waals surface area contributed by atoms with Gasteiger partial charge in [0.2, 0.25) is 0 Å². The Bertz CT molecular complexity index is 606. The number of rotatable bonds is 5. The van der Waals surface area contributed by atoms with Crippen LogP contribution in [-0.2, 0) is 0 Å². The summed E-state index contributed by atoms with van der Waals surface area (Å²) >= 11 is 7.11. The van der Waals surface area contributed by atoms with Crippen molar-refractivity contribution in [1.29, 1.82) is 0 Å². The van der Waals surface area contributed by atoms with Crippen LogP contribution < -0.4 is 5.32 Å². The van der Waals surface area contributed by atoms with Gasteiger partial charge in [0.25, 0.3) is 0 Å². The lowest BCUT2D eigenvalue weighted by Gasteiger charge is -2.21. The fourth-order valence-electron chi connectivity index (χ4n) is 2.48. The molecule has 2 aromatic rings. The molecule has 1 aromatic carbocycles. The van der Waals surface area contributed by atoms with Crippen molar-refractivity contribution in [2.75, 3.05) is 6.54 Å². The number of hydrogen-bond donors (Lipinski definition) is 1. The molecule has 0 radical (unpaired) electrons. The molecule has 2 nitrogen and oxygen atoms in total. The topological polar surface area (TPSA) is 24.9 Å². The first kappa shape index (κ1) is 16.7. The van der Waals surface area contributed by atoms with Gasteiger partial charge in [0.15, 0.2) is 0 Å². The second kappa shape index (κ2) is 7.52. The molecule has 2 rings (SSSR count). The van der Waals surface area contributed by atoms with Crippen LogP contribution in [0.25, 0.3) is 0 Å². The summed E-state index contributed by atoms with van der Waals surface area (Å²) < 4.78 is 2.00. The van der Waals surface area contributed by atoms with Crippen LogP contribution in [0.5, 0.6) is 0 Å². The lowest BCUT2D eigenvalue weighted by atomic mass is 9.98. The Labute approximate surface area is 143 Å². The van der Waals surface area contributed by atoms with Crippen molar-refractivity contribution in [3.63, 3.8) is 0 Å². The van der Waals surface area contributed by atoms with Crippen LogP contribution in [0.2, 0.25) is 0 Å². The lowest BCUT2D eigenvalue weighted by Crippen LogP contribution is -2.24. The molecule has 0 aliphatic rings. The van der Waals surface area contributed by atoms with Gasteiger partial charge in [-0.15, -0.1) is 0 Å². The number of hydrogen-bond acceptors (Lipinski definition) is 2. The van der Waals surface area contributed by atoms with Crippen molar-refractivity contribution in [1.82, 2.24) is 10.3 Å². The first-order valence-corrected chi connectivity index (χ1v) is 8.72. The average Bonchev–Trinajstić information content (AvgIpc) is 2.40. The van der Waals surface area contributed by atoms with Gasteiger partial charge in [-0.1, -0.05) is 36.2 Å². The molecule has 0 aliphatic carbocycles. The highest BCUT2D eigenvalue weighted by atomic mass is 79.9. The number of benzene rings is 1. The van der Waals surface area contributed by atoms with Crippen molar-refractivity contribution in [2.24, 2.45) is 0 Å². The zero-order valence-corrected chi connectivity index (χ0v) is 15.8. The Kier molecular flexibility index (Phi) is 5.97. The molecule has 1 atom stereocenters. The summed E-state index contributed by atoms with van der Waals surface area (Å²) in [4.78, 5) is 4.61. The fourth-order valence-corrected chi connectivity index (χ4v) is 3.69. The lowest BCUT2D eigenvalue weighted by molar-refractivity contribution is 0.583. The standard InChI is InChI=1S/C17H20Br2N2/c1-4-5-20-16(13-7-11(2)6-12(3)8-13)17-15(19)9-14(18)10-21-17/h6-10,16,20H,4-5H2,1-3H3. The van der Waals surface area contributed by atoms with Gasteiger partial charge in [-0.05, 0) is 70.3 Å². The summed E-state index contributed by atoms with van der Waals surface area (Å²) in [6.07, 6.45) is 2.94. The highest BCUT2D eigenvalue weighted by Gasteiger charge is 2.18. The van der Waals surface area contributed by atoms with Gasteiger partial charge in [-0.25, -0.2) is 0 Å². The number of nitrogens with one attached hydrogen (secondary N) is 1. The zero-order chi connectivity index (χ0) is 15.4. The van der Waals surface area contributed by atoms with E-state index in [0.29, 0.717) is 0 Å². The van der Waals surface area contributed by atoms with E-state index in [1.807, 2.05) is 12.3 Å². The molecule has 21 heavy (non-hydrogen) atoms. The molecule has 1 heterocycles. The maximum Gasteiger partial charge on any atom is 0.0763 e. The van der Waals surface area contributed by atoms with Gasteiger partial charge in [0, 0.05) is 15.1 Å². The quantitative estimate of drug-likeness (QED) is 0.720. The molecular weight excluding hydrogens is 392 g/mol. The number of aryl methyl sites for hydroxylation is 2. The molecule has 0 aliphatic heterocycles. The van der Waals surface area contributed by atoms with E-state index in [0.717, 1.165) is 27.6 Å². The number of pyridine rings is 1. The number of nitrogens with zero attached hydrogens (tertiary/aromatic N) is 1. The molecule has 0 bridgehead atoms. The monoisotopic (exact) mass is 410 g/mol. The minimum atomic E-state index is 0.103. The second-order valence-corrected chi connectivity index (χ2v) is 7.10. The molecule has 0 saturated heterocycles. The van der Waals surface area contributed by atoms with E-state index in [9.17, 15) is 0 Å². The molecule has 0 saturated carbocycles.